The van der Waals surface area contributed by atoms with Crippen LogP contribution in [-0.2, 0) is 5.75 Å². The van der Waals surface area contributed by atoms with Crippen molar-refractivity contribution in [3.8, 4) is 11.3 Å². The molecule has 0 bridgehead atoms. The predicted molar refractivity (Wildman–Crippen MR) is 65.8 cm³/mol. The van der Waals surface area contributed by atoms with Gasteiger partial charge in [0.05, 0.1) is 5.69 Å². The van der Waals surface area contributed by atoms with Gasteiger partial charge in [0, 0.05) is 28.0 Å². The summed E-state index contributed by atoms with van der Waals surface area (Å²) >= 11 is 1.84. The molecule has 4 rings (SSSR count). The van der Waals surface area contributed by atoms with Gasteiger partial charge in [0.1, 0.15) is 6.33 Å². The predicted octanol–water partition coefficient (Wildman–Crippen LogP) is 2.40. The van der Waals surface area contributed by atoms with Crippen LogP contribution < -0.4 is 0 Å². The fourth-order valence-corrected chi connectivity index (χ4v) is 3.10. The molecular formula is C12H8N4S. The smallest absolute Gasteiger partial charge is 0.211 e. The molecule has 0 N–H and O–H groups in total. The molecule has 2 aromatic heterocycles. The highest BCUT2D eigenvalue weighted by molar-refractivity contribution is 7.98. The minimum Gasteiger partial charge on any atom is -0.211 e. The molecule has 1 aliphatic heterocycles. The summed E-state index contributed by atoms with van der Waals surface area (Å²) in [5, 5.41) is 4.12. The van der Waals surface area contributed by atoms with E-state index in [0.717, 1.165) is 11.4 Å². The maximum atomic E-state index is 4.59. The number of thioether (sulfide) groups is 1. The Morgan fingerprint density at radius 2 is 2.18 bits per heavy atom. The summed E-state index contributed by atoms with van der Waals surface area (Å²) in [6, 6.07) is 8.36. The Hall–Kier alpha value is -1.88. The lowest BCUT2D eigenvalue weighted by molar-refractivity contribution is 0.925. The van der Waals surface area contributed by atoms with E-state index < -0.39 is 0 Å². The highest BCUT2D eigenvalue weighted by Crippen LogP contribution is 2.39. The molecule has 1 aromatic carbocycles. The van der Waals surface area contributed by atoms with Crippen molar-refractivity contribution in [2.75, 3.05) is 0 Å². The monoisotopic (exact) mass is 240 g/mol. The van der Waals surface area contributed by atoms with Crippen molar-refractivity contribution in [3.63, 3.8) is 0 Å². The lowest BCUT2D eigenvalue weighted by Gasteiger charge is -2.17. The Morgan fingerprint density at radius 1 is 1.24 bits per heavy atom. The second-order valence-electron chi connectivity index (χ2n) is 3.90. The van der Waals surface area contributed by atoms with Gasteiger partial charge >= 0.3 is 0 Å². The van der Waals surface area contributed by atoms with Crippen molar-refractivity contribution in [1.82, 2.24) is 19.6 Å². The summed E-state index contributed by atoms with van der Waals surface area (Å²) in [6.07, 6.45) is 3.56. The standard InChI is InChI=1S/C12H8N4S/c1-2-4-10-9(3-1)11-8(6-17-10)5-16-12(15-11)13-7-14-16/h1-5,7H,6H2. The van der Waals surface area contributed by atoms with E-state index in [4.69, 9.17) is 0 Å². The van der Waals surface area contributed by atoms with Crippen LogP contribution in [-0.4, -0.2) is 19.6 Å². The Bertz CT molecular complexity index is 719. The first-order valence-electron chi connectivity index (χ1n) is 5.33. The van der Waals surface area contributed by atoms with E-state index in [2.05, 4.69) is 33.3 Å². The maximum Gasteiger partial charge on any atom is 0.252 e. The first kappa shape index (κ1) is 9.18. The van der Waals surface area contributed by atoms with Gasteiger partial charge in [0.15, 0.2) is 0 Å². The average Bonchev–Trinajstić information content (AvgIpc) is 2.83. The topological polar surface area (TPSA) is 43.1 Å². The number of benzene rings is 1. The molecule has 82 valence electrons. The zero-order valence-corrected chi connectivity index (χ0v) is 9.68. The molecule has 0 fully saturated rings. The molecule has 0 saturated heterocycles. The van der Waals surface area contributed by atoms with Crippen molar-refractivity contribution < 1.29 is 0 Å². The van der Waals surface area contributed by atoms with Crippen molar-refractivity contribution in [2.45, 2.75) is 10.6 Å². The van der Waals surface area contributed by atoms with Gasteiger partial charge in [0.25, 0.3) is 5.78 Å². The molecule has 0 spiro atoms. The Morgan fingerprint density at radius 3 is 3.18 bits per heavy atom. The summed E-state index contributed by atoms with van der Waals surface area (Å²) in [5.41, 5.74) is 3.45. The molecular weight excluding hydrogens is 232 g/mol. The third-order valence-corrected chi connectivity index (χ3v) is 4.00. The molecule has 0 saturated carbocycles. The molecule has 3 aromatic rings. The number of hydrogen-bond donors (Lipinski definition) is 0. The number of fused-ring (bicyclic) bond motifs is 4. The van der Waals surface area contributed by atoms with Crippen molar-refractivity contribution in [3.05, 3.63) is 42.4 Å². The molecule has 1 aliphatic rings. The third kappa shape index (κ3) is 1.29. The molecule has 3 heterocycles. The normalized spacial score (nSPS) is 13.4. The zero-order valence-electron chi connectivity index (χ0n) is 8.87. The van der Waals surface area contributed by atoms with Gasteiger partial charge in [0.2, 0.25) is 0 Å². The maximum absolute atomic E-state index is 4.59. The minimum absolute atomic E-state index is 0.658. The molecule has 4 nitrogen and oxygen atoms in total. The largest absolute Gasteiger partial charge is 0.252 e. The molecule has 0 aliphatic carbocycles. The van der Waals surface area contributed by atoms with Crippen LogP contribution in [0.1, 0.15) is 5.56 Å². The van der Waals surface area contributed by atoms with E-state index in [1.807, 2.05) is 24.0 Å². The molecule has 0 unspecified atom stereocenters. The highest BCUT2D eigenvalue weighted by atomic mass is 32.2. The third-order valence-electron chi connectivity index (χ3n) is 2.87. The fourth-order valence-electron chi connectivity index (χ4n) is 2.08. The van der Waals surface area contributed by atoms with Crippen LogP contribution in [0.15, 0.2) is 41.7 Å². The lowest BCUT2D eigenvalue weighted by atomic mass is 10.1. The summed E-state index contributed by atoms with van der Waals surface area (Å²) in [7, 11) is 0. The van der Waals surface area contributed by atoms with Crippen LogP contribution in [0.25, 0.3) is 17.0 Å². The molecule has 0 amide bonds. The van der Waals surface area contributed by atoms with Gasteiger partial charge in [-0.05, 0) is 6.07 Å². The van der Waals surface area contributed by atoms with E-state index in [1.54, 1.807) is 4.52 Å². The van der Waals surface area contributed by atoms with Crippen molar-refractivity contribution >= 4 is 17.5 Å². The number of nitrogens with zero attached hydrogens (tertiary/aromatic N) is 4. The minimum atomic E-state index is 0.658. The average molecular weight is 240 g/mol. The van der Waals surface area contributed by atoms with E-state index >= 15 is 0 Å². The molecule has 0 atom stereocenters. The zero-order chi connectivity index (χ0) is 11.2. The Kier molecular flexibility index (Phi) is 1.78. The number of hydrogen-bond acceptors (Lipinski definition) is 4. The van der Waals surface area contributed by atoms with E-state index in [1.165, 1.54) is 22.3 Å². The second-order valence-corrected chi connectivity index (χ2v) is 4.92. The van der Waals surface area contributed by atoms with Crippen LogP contribution >= 0.6 is 11.8 Å². The van der Waals surface area contributed by atoms with Crippen LogP contribution in [0.5, 0.6) is 0 Å². The molecule has 17 heavy (non-hydrogen) atoms. The first-order valence-corrected chi connectivity index (χ1v) is 6.32. The van der Waals surface area contributed by atoms with Gasteiger partial charge in [-0.3, -0.25) is 0 Å². The molecule has 0 radical (unpaired) electrons. The second kappa shape index (κ2) is 3.30. The fraction of sp³-hybridized carbons (Fsp3) is 0.0833. The first-order chi connectivity index (χ1) is 8.42. The van der Waals surface area contributed by atoms with Crippen LogP contribution in [0.2, 0.25) is 0 Å². The summed E-state index contributed by atoms with van der Waals surface area (Å²) in [4.78, 5) is 10.0. The van der Waals surface area contributed by atoms with Crippen molar-refractivity contribution in [1.29, 1.82) is 0 Å². The number of rotatable bonds is 0. The highest BCUT2D eigenvalue weighted by Gasteiger charge is 2.18. The SMILES string of the molecule is c1ccc2c(c1)SCc1cn3ncnc3nc1-2. The summed E-state index contributed by atoms with van der Waals surface area (Å²) in [6.45, 7) is 0. The summed E-state index contributed by atoms with van der Waals surface area (Å²) < 4.78 is 1.73. The van der Waals surface area contributed by atoms with Crippen molar-refractivity contribution in [2.24, 2.45) is 0 Å². The Balaban J connectivity index is 2.07. The van der Waals surface area contributed by atoms with E-state index in [-0.39, 0.29) is 0 Å². The summed E-state index contributed by atoms with van der Waals surface area (Å²) in [5.74, 6) is 1.60. The lowest BCUT2D eigenvalue weighted by Crippen LogP contribution is -2.03. The molecule has 5 heteroatoms. The quantitative estimate of drug-likeness (QED) is 0.605. The van der Waals surface area contributed by atoms with Gasteiger partial charge < -0.3 is 0 Å². The van der Waals surface area contributed by atoms with E-state index in [9.17, 15) is 0 Å². The number of aromatic nitrogens is 4. The van der Waals surface area contributed by atoms with Gasteiger partial charge in [-0.15, -0.1) is 11.8 Å². The van der Waals surface area contributed by atoms with Gasteiger partial charge in [-0.25, -0.2) is 9.50 Å². The van der Waals surface area contributed by atoms with Crippen LogP contribution in [0, 0.1) is 0 Å². The van der Waals surface area contributed by atoms with E-state index in [0.29, 0.717) is 5.78 Å². The van der Waals surface area contributed by atoms with Gasteiger partial charge in [-0.1, -0.05) is 18.2 Å². The van der Waals surface area contributed by atoms with Gasteiger partial charge in [-0.2, -0.15) is 10.1 Å². The van der Waals surface area contributed by atoms with Crippen LogP contribution in [0.4, 0.5) is 0 Å². The van der Waals surface area contributed by atoms with Crippen LogP contribution in [0.3, 0.4) is 0 Å². The Labute approximate surface area is 102 Å².